The van der Waals surface area contributed by atoms with Crippen LogP contribution in [0.15, 0.2) is 60.0 Å². The quantitative estimate of drug-likeness (QED) is 0.588. The van der Waals surface area contributed by atoms with Crippen molar-refractivity contribution in [1.29, 1.82) is 0 Å². The molecular weight excluding hydrogens is 434 g/mol. The lowest BCUT2D eigenvalue weighted by Gasteiger charge is -2.34. The van der Waals surface area contributed by atoms with Crippen molar-refractivity contribution in [3.05, 3.63) is 82.5 Å². The van der Waals surface area contributed by atoms with Crippen molar-refractivity contribution >= 4 is 33.4 Å². The molecule has 0 aliphatic carbocycles. The summed E-state index contributed by atoms with van der Waals surface area (Å²) in [5, 5.41) is 4.62. The van der Waals surface area contributed by atoms with E-state index < -0.39 is 10.0 Å². The molecule has 1 N–H and O–H groups in total. The molecule has 0 spiro atoms. The van der Waals surface area contributed by atoms with Gasteiger partial charge in [-0.1, -0.05) is 47.5 Å². The number of sulfonamides is 1. The summed E-state index contributed by atoms with van der Waals surface area (Å²) in [6.45, 7) is 7.87. The van der Waals surface area contributed by atoms with Crippen LogP contribution < -0.4 is 10.2 Å². The lowest BCUT2D eigenvalue weighted by Crippen LogP contribution is -2.48. The van der Waals surface area contributed by atoms with E-state index in [1.54, 1.807) is 6.08 Å². The van der Waals surface area contributed by atoms with E-state index in [0.717, 1.165) is 28.5 Å². The SMILES string of the molecule is Cc1ccc(/C=C/S(=O)(=O)N2CCN(c3cc(Nc4ccc(C)cc4)nc(C)n3)CC2)cc1. The Morgan fingerprint density at radius 2 is 1.45 bits per heavy atom. The van der Waals surface area contributed by atoms with Crippen molar-refractivity contribution in [2.75, 3.05) is 36.4 Å². The molecule has 0 amide bonds. The molecule has 1 aromatic heterocycles. The van der Waals surface area contributed by atoms with Crippen LogP contribution in [0.5, 0.6) is 0 Å². The highest BCUT2D eigenvalue weighted by Crippen LogP contribution is 2.22. The molecule has 0 unspecified atom stereocenters. The van der Waals surface area contributed by atoms with Gasteiger partial charge in [-0.15, -0.1) is 0 Å². The normalized spacial score (nSPS) is 15.2. The number of aryl methyl sites for hydroxylation is 3. The summed E-state index contributed by atoms with van der Waals surface area (Å²) in [5.41, 5.74) is 4.17. The minimum absolute atomic E-state index is 0.407. The largest absolute Gasteiger partial charge is 0.354 e. The Hall–Kier alpha value is -3.23. The van der Waals surface area contributed by atoms with E-state index >= 15 is 0 Å². The first-order valence-electron chi connectivity index (χ1n) is 11.0. The van der Waals surface area contributed by atoms with Gasteiger partial charge in [0, 0.05) is 43.3 Å². The zero-order valence-corrected chi connectivity index (χ0v) is 20.0. The third kappa shape index (κ3) is 5.97. The standard InChI is InChI=1S/C25H29N5O2S/c1-19-4-8-22(9-5-19)12-17-33(31,32)30-15-13-29(14-16-30)25-18-24(26-21(3)27-25)28-23-10-6-20(2)7-11-23/h4-12,17-18H,13-16H2,1-3H3,(H,26,27,28)/b17-12+. The Labute approximate surface area is 195 Å². The fourth-order valence-electron chi connectivity index (χ4n) is 3.66. The van der Waals surface area contributed by atoms with Gasteiger partial charge in [-0.25, -0.2) is 18.4 Å². The average molecular weight is 464 g/mol. The second-order valence-electron chi connectivity index (χ2n) is 8.29. The first-order chi connectivity index (χ1) is 15.8. The van der Waals surface area contributed by atoms with Crippen LogP contribution in [0.4, 0.5) is 17.3 Å². The second kappa shape index (κ2) is 9.72. The van der Waals surface area contributed by atoms with Crippen LogP contribution in [0, 0.1) is 20.8 Å². The fraction of sp³-hybridized carbons (Fsp3) is 0.280. The molecule has 0 radical (unpaired) electrons. The minimum atomic E-state index is -3.48. The van der Waals surface area contributed by atoms with Crippen LogP contribution in [0.3, 0.4) is 0 Å². The first kappa shape index (κ1) is 22.9. The summed E-state index contributed by atoms with van der Waals surface area (Å²) in [4.78, 5) is 11.2. The van der Waals surface area contributed by atoms with Crippen molar-refractivity contribution in [3.8, 4) is 0 Å². The molecule has 1 fully saturated rings. The van der Waals surface area contributed by atoms with Gasteiger partial charge in [0.15, 0.2) is 0 Å². The zero-order valence-electron chi connectivity index (χ0n) is 19.2. The van der Waals surface area contributed by atoms with E-state index in [9.17, 15) is 8.42 Å². The molecule has 1 saturated heterocycles. The third-order valence-electron chi connectivity index (χ3n) is 5.58. The molecule has 0 atom stereocenters. The van der Waals surface area contributed by atoms with E-state index in [-0.39, 0.29) is 0 Å². The molecule has 0 bridgehead atoms. The van der Waals surface area contributed by atoms with Gasteiger partial charge in [-0.05, 0) is 44.5 Å². The highest BCUT2D eigenvalue weighted by atomic mass is 32.2. The molecule has 4 rings (SSSR count). The number of hydrogen-bond acceptors (Lipinski definition) is 6. The van der Waals surface area contributed by atoms with Gasteiger partial charge < -0.3 is 10.2 Å². The van der Waals surface area contributed by atoms with Gasteiger partial charge in [0.1, 0.15) is 17.5 Å². The Bertz CT molecular complexity index is 1230. The molecular formula is C25H29N5O2S. The monoisotopic (exact) mass is 463 g/mol. The number of anilines is 3. The lowest BCUT2D eigenvalue weighted by atomic mass is 10.2. The van der Waals surface area contributed by atoms with Crippen molar-refractivity contribution in [1.82, 2.24) is 14.3 Å². The maximum Gasteiger partial charge on any atom is 0.236 e. The van der Waals surface area contributed by atoms with E-state index in [2.05, 4.69) is 27.1 Å². The van der Waals surface area contributed by atoms with Gasteiger partial charge in [-0.3, -0.25) is 0 Å². The molecule has 1 aliphatic rings. The summed E-state index contributed by atoms with van der Waals surface area (Å²) < 4.78 is 27.1. The molecule has 33 heavy (non-hydrogen) atoms. The first-order valence-corrected chi connectivity index (χ1v) is 12.5. The lowest BCUT2D eigenvalue weighted by molar-refractivity contribution is 0.388. The van der Waals surface area contributed by atoms with Crippen molar-refractivity contribution in [3.63, 3.8) is 0 Å². The van der Waals surface area contributed by atoms with Crippen LogP contribution >= 0.6 is 0 Å². The van der Waals surface area contributed by atoms with Gasteiger partial charge in [0.05, 0.1) is 0 Å². The summed E-state index contributed by atoms with van der Waals surface area (Å²) in [5.74, 6) is 2.18. The smallest absolute Gasteiger partial charge is 0.236 e. The Morgan fingerprint density at radius 3 is 2.09 bits per heavy atom. The molecule has 8 heteroatoms. The second-order valence-corrected chi connectivity index (χ2v) is 10.1. The number of hydrogen-bond donors (Lipinski definition) is 1. The van der Waals surface area contributed by atoms with Crippen molar-refractivity contribution in [2.45, 2.75) is 20.8 Å². The third-order valence-corrected chi connectivity index (χ3v) is 7.15. The summed E-state index contributed by atoms with van der Waals surface area (Å²) in [6.07, 6.45) is 1.65. The molecule has 172 valence electrons. The van der Waals surface area contributed by atoms with Gasteiger partial charge in [0.2, 0.25) is 10.0 Å². The highest BCUT2D eigenvalue weighted by Gasteiger charge is 2.26. The molecule has 7 nitrogen and oxygen atoms in total. The van der Waals surface area contributed by atoms with Crippen LogP contribution in [0.25, 0.3) is 6.08 Å². The van der Waals surface area contributed by atoms with Crippen molar-refractivity contribution in [2.24, 2.45) is 0 Å². The number of aromatic nitrogens is 2. The Balaban J connectivity index is 1.41. The Kier molecular flexibility index (Phi) is 6.76. The maximum absolute atomic E-state index is 12.8. The molecule has 1 aliphatic heterocycles. The van der Waals surface area contributed by atoms with Crippen molar-refractivity contribution < 1.29 is 8.42 Å². The number of piperazine rings is 1. The van der Waals surface area contributed by atoms with E-state index in [4.69, 9.17) is 0 Å². The molecule has 2 heterocycles. The van der Waals surface area contributed by atoms with E-state index in [1.807, 2.05) is 68.4 Å². The zero-order chi connectivity index (χ0) is 23.4. The average Bonchev–Trinajstić information content (AvgIpc) is 2.80. The fourth-order valence-corrected chi connectivity index (χ4v) is 4.84. The topological polar surface area (TPSA) is 78.4 Å². The van der Waals surface area contributed by atoms with Crippen LogP contribution in [-0.2, 0) is 10.0 Å². The molecule has 2 aromatic carbocycles. The summed E-state index contributed by atoms with van der Waals surface area (Å²) in [7, 11) is -3.48. The summed E-state index contributed by atoms with van der Waals surface area (Å²) in [6, 6.07) is 17.8. The van der Waals surface area contributed by atoms with Gasteiger partial charge in [0.25, 0.3) is 0 Å². The predicted molar refractivity (Wildman–Crippen MR) is 134 cm³/mol. The number of nitrogens with zero attached hydrogens (tertiary/aromatic N) is 4. The molecule has 0 saturated carbocycles. The number of benzene rings is 2. The van der Waals surface area contributed by atoms with Gasteiger partial charge in [-0.2, -0.15) is 4.31 Å². The maximum atomic E-state index is 12.8. The van der Waals surface area contributed by atoms with E-state index in [1.165, 1.54) is 15.3 Å². The Morgan fingerprint density at radius 1 is 0.848 bits per heavy atom. The van der Waals surface area contributed by atoms with Crippen LogP contribution in [0.1, 0.15) is 22.5 Å². The van der Waals surface area contributed by atoms with Crippen LogP contribution in [-0.4, -0.2) is 48.9 Å². The van der Waals surface area contributed by atoms with Crippen LogP contribution in [0.2, 0.25) is 0 Å². The molecule has 3 aromatic rings. The predicted octanol–water partition coefficient (Wildman–Crippen LogP) is 4.27. The summed E-state index contributed by atoms with van der Waals surface area (Å²) >= 11 is 0. The number of rotatable bonds is 6. The highest BCUT2D eigenvalue weighted by molar-refractivity contribution is 7.92. The number of nitrogens with one attached hydrogen (secondary N) is 1. The van der Waals surface area contributed by atoms with Gasteiger partial charge >= 0.3 is 0 Å². The van der Waals surface area contributed by atoms with E-state index in [0.29, 0.717) is 32.0 Å². The minimum Gasteiger partial charge on any atom is -0.354 e.